The third-order valence-corrected chi connectivity index (χ3v) is 8.00. The number of carbonyl (C=O) groups excluding carboxylic acids is 1. The first-order valence-corrected chi connectivity index (χ1v) is 13.7. The van der Waals surface area contributed by atoms with Gasteiger partial charge in [0.15, 0.2) is 23.2 Å². The van der Waals surface area contributed by atoms with Gasteiger partial charge in [0.05, 0.1) is 6.33 Å². The van der Waals surface area contributed by atoms with E-state index < -0.39 is 24.5 Å². The molecule has 4 aromatic rings. The molecule has 3 heterocycles. The molecule has 1 saturated carbocycles. The van der Waals surface area contributed by atoms with Gasteiger partial charge in [0.2, 0.25) is 5.91 Å². The number of nitrogens with zero attached hydrogens (tertiary/aromatic N) is 4. The van der Waals surface area contributed by atoms with Gasteiger partial charge in [0.25, 0.3) is 0 Å². The number of aromatic nitrogens is 4. The first kappa shape index (κ1) is 25.7. The summed E-state index contributed by atoms with van der Waals surface area (Å²) in [5.41, 5.74) is 2.14. The lowest BCUT2D eigenvalue weighted by Crippen LogP contribution is -2.40. The average molecular weight is 531 g/mol. The van der Waals surface area contributed by atoms with E-state index in [1.54, 1.807) is 4.57 Å². The molecule has 0 spiro atoms. The summed E-state index contributed by atoms with van der Waals surface area (Å²) in [6, 6.07) is 14.4. The van der Waals surface area contributed by atoms with Gasteiger partial charge in [-0.05, 0) is 35.1 Å². The van der Waals surface area contributed by atoms with Crippen LogP contribution in [-0.4, -0.2) is 60.5 Å². The van der Waals surface area contributed by atoms with E-state index in [0.717, 1.165) is 23.8 Å². The van der Waals surface area contributed by atoms with Gasteiger partial charge in [0, 0.05) is 19.5 Å². The van der Waals surface area contributed by atoms with E-state index >= 15 is 0 Å². The zero-order valence-corrected chi connectivity index (χ0v) is 21.7. The number of carbonyl (C=O) groups is 1. The number of fused-ring (bicyclic) bond motifs is 2. The second-order valence-corrected chi connectivity index (χ2v) is 10.6. The topological polar surface area (TPSA) is 134 Å². The molecule has 4 N–H and O–H groups in total. The summed E-state index contributed by atoms with van der Waals surface area (Å²) < 4.78 is 7.63. The normalized spacial score (nSPS) is 23.8. The van der Waals surface area contributed by atoms with E-state index in [1.165, 1.54) is 37.3 Å². The number of aliphatic hydroxyl groups is 2. The monoisotopic (exact) mass is 530 g/mol. The number of amides is 1. The molecule has 0 bridgehead atoms. The summed E-state index contributed by atoms with van der Waals surface area (Å²) in [5, 5.41) is 30.1. The third kappa shape index (κ3) is 5.32. The predicted molar refractivity (Wildman–Crippen MR) is 147 cm³/mol. The van der Waals surface area contributed by atoms with Crippen molar-refractivity contribution in [2.75, 3.05) is 11.9 Å². The highest BCUT2D eigenvalue weighted by molar-refractivity contribution is 5.86. The molecule has 2 aliphatic rings. The summed E-state index contributed by atoms with van der Waals surface area (Å²) in [6.07, 6.45) is 5.24. The van der Waals surface area contributed by atoms with Gasteiger partial charge in [-0.2, -0.15) is 0 Å². The van der Waals surface area contributed by atoms with Gasteiger partial charge in [-0.3, -0.25) is 9.36 Å². The van der Waals surface area contributed by atoms with E-state index in [1.807, 2.05) is 18.2 Å². The minimum Gasteiger partial charge on any atom is -0.387 e. The quantitative estimate of drug-likeness (QED) is 0.273. The van der Waals surface area contributed by atoms with E-state index in [4.69, 9.17) is 4.74 Å². The molecule has 10 nitrogen and oxygen atoms in total. The Kier molecular flexibility index (Phi) is 7.40. The summed E-state index contributed by atoms with van der Waals surface area (Å²) >= 11 is 0. The van der Waals surface area contributed by atoms with Crippen LogP contribution in [0.25, 0.3) is 21.9 Å². The molecule has 4 atom stereocenters. The van der Waals surface area contributed by atoms with E-state index in [-0.39, 0.29) is 12.5 Å². The van der Waals surface area contributed by atoms with Crippen molar-refractivity contribution in [3.63, 3.8) is 0 Å². The number of hydrogen-bond acceptors (Lipinski definition) is 8. The highest BCUT2D eigenvalue weighted by atomic mass is 16.6. The zero-order valence-electron chi connectivity index (χ0n) is 21.7. The van der Waals surface area contributed by atoms with E-state index in [0.29, 0.717) is 35.9 Å². The molecular weight excluding hydrogens is 496 g/mol. The molecule has 204 valence electrons. The van der Waals surface area contributed by atoms with Gasteiger partial charge < -0.3 is 25.6 Å². The van der Waals surface area contributed by atoms with E-state index in [9.17, 15) is 15.0 Å². The lowest BCUT2D eigenvalue weighted by Gasteiger charge is -2.21. The SMILES string of the molecule is O=C(CC1CCCCC1)NC[C@H]1OC(n2cnc3c(NCc4cccc5ccccc45)ncnc32)[C@H](O)[C@@H]1O. The molecule has 2 fully saturated rings. The predicted octanol–water partition coefficient (Wildman–Crippen LogP) is 3.30. The Balaban J connectivity index is 1.13. The van der Waals surface area contributed by atoms with Gasteiger partial charge in [-0.15, -0.1) is 0 Å². The Morgan fingerprint density at radius 3 is 2.69 bits per heavy atom. The van der Waals surface area contributed by atoms with Crippen LogP contribution in [0.5, 0.6) is 0 Å². The molecular formula is C29H34N6O4. The summed E-state index contributed by atoms with van der Waals surface area (Å²) in [7, 11) is 0. The Labute approximate surface area is 226 Å². The highest BCUT2D eigenvalue weighted by Crippen LogP contribution is 2.32. The fourth-order valence-electron chi connectivity index (χ4n) is 5.86. The van der Waals surface area contributed by atoms with Crippen LogP contribution in [0.4, 0.5) is 5.82 Å². The number of nitrogens with one attached hydrogen (secondary N) is 2. The minimum absolute atomic E-state index is 0.0432. The number of ether oxygens (including phenoxy) is 1. The molecule has 6 rings (SSSR count). The Morgan fingerprint density at radius 1 is 1.00 bits per heavy atom. The van der Waals surface area contributed by atoms with Crippen LogP contribution in [0.3, 0.4) is 0 Å². The largest absolute Gasteiger partial charge is 0.387 e. The summed E-state index contributed by atoms with van der Waals surface area (Å²) in [4.78, 5) is 25.7. The number of anilines is 1. The fraction of sp³-hybridized carbons (Fsp3) is 0.448. The van der Waals surface area contributed by atoms with Crippen molar-refractivity contribution in [1.82, 2.24) is 24.8 Å². The maximum absolute atomic E-state index is 12.5. The molecule has 10 heteroatoms. The highest BCUT2D eigenvalue weighted by Gasteiger charge is 2.44. The summed E-state index contributed by atoms with van der Waals surface area (Å²) in [6.45, 7) is 0.671. The smallest absolute Gasteiger partial charge is 0.220 e. The zero-order chi connectivity index (χ0) is 26.8. The van der Waals surface area contributed by atoms with Crippen molar-refractivity contribution in [2.24, 2.45) is 5.92 Å². The maximum Gasteiger partial charge on any atom is 0.220 e. The van der Waals surface area contributed by atoms with Gasteiger partial charge in [0.1, 0.15) is 24.6 Å². The fourth-order valence-corrected chi connectivity index (χ4v) is 5.86. The number of aliphatic hydroxyl groups excluding tert-OH is 2. The van der Waals surface area contributed by atoms with Crippen molar-refractivity contribution in [3.05, 3.63) is 60.7 Å². The van der Waals surface area contributed by atoms with Crippen molar-refractivity contribution >= 4 is 33.7 Å². The Hall–Kier alpha value is -3.60. The van der Waals surface area contributed by atoms with Gasteiger partial charge in [-0.25, -0.2) is 15.0 Å². The summed E-state index contributed by atoms with van der Waals surface area (Å²) in [5.74, 6) is 0.941. The molecule has 1 amide bonds. The number of hydrogen-bond donors (Lipinski definition) is 4. The molecule has 2 aromatic heterocycles. The first-order chi connectivity index (χ1) is 19.1. The van der Waals surface area contributed by atoms with Crippen LogP contribution in [0.2, 0.25) is 0 Å². The molecule has 1 aliphatic heterocycles. The molecule has 0 radical (unpaired) electrons. The van der Waals surface area contributed by atoms with Crippen molar-refractivity contribution < 1.29 is 19.7 Å². The van der Waals surface area contributed by atoms with Crippen LogP contribution in [0.1, 0.15) is 50.3 Å². The second-order valence-electron chi connectivity index (χ2n) is 10.6. The molecule has 39 heavy (non-hydrogen) atoms. The molecule has 1 unspecified atom stereocenters. The number of rotatable bonds is 8. The van der Waals surface area contributed by atoms with Gasteiger partial charge >= 0.3 is 0 Å². The average Bonchev–Trinajstić information content (AvgIpc) is 3.52. The molecule has 1 saturated heterocycles. The Morgan fingerprint density at radius 2 is 1.82 bits per heavy atom. The lowest BCUT2D eigenvalue weighted by molar-refractivity contribution is -0.123. The van der Waals surface area contributed by atoms with Gasteiger partial charge in [-0.1, -0.05) is 61.7 Å². The van der Waals surface area contributed by atoms with Crippen molar-refractivity contribution in [1.29, 1.82) is 0 Å². The first-order valence-electron chi connectivity index (χ1n) is 13.7. The maximum atomic E-state index is 12.5. The van der Waals surface area contributed by atoms with Crippen LogP contribution in [0.15, 0.2) is 55.1 Å². The number of imidazole rings is 1. The molecule has 2 aromatic carbocycles. The standard InChI is InChI=1S/C29H34N6O4/c36-23(13-18-7-2-1-3-8-18)30-15-22-25(37)26(38)29(39-22)35-17-34-24-27(32-16-33-28(24)35)31-14-20-11-6-10-19-9-4-5-12-21(19)20/h4-6,9-12,16-18,22,25-26,29,37-38H,1-3,7-8,13-15H2,(H,30,36)(H,31,32,33)/t22-,25-,26-,29?/m1/s1. The second kappa shape index (κ2) is 11.3. The van der Waals surface area contributed by atoms with Crippen LogP contribution < -0.4 is 10.6 Å². The third-order valence-electron chi connectivity index (χ3n) is 8.00. The number of benzene rings is 2. The van der Waals surface area contributed by atoms with Crippen molar-refractivity contribution in [2.45, 2.75) is 69.6 Å². The van der Waals surface area contributed by atoms with E-state index in [2.05, 4.69) is 49.9 Å². The van der Waals surface area contributed by atoms with Crippen LogP contribution in [-0.2, 0) is 16.1 Å². The lowest BCUT2D eigenvalue weighted by atomic mass is 9.87. The van der Waals surface area contributed by atoms with Crippen LogP contribution in [0, 0.1) is 5.92 Å². The van der Waals surface area contributed by atoms with Crippen LogP contribution >= 0.6 is 0 Å². The molecule has 1 aliphatic carbocycles. The Bertz CT molecular complexity index is 1450. The minimum atomic E-state index is -1.20. The van der Waals surface area contributed by atoms with Crippen molar-refractivity contribution in [3.8, 4) is 0 Å².